The first-order valence-electron chi connectivity index (χ1n) is 10.4. The molecule has 1 aromatic heterocycles. The molecule has 0 aliphatic rings. The fourth-order valence-corrected chi connectivity index (χ4v) is 3.25. The third kappa shape index (κ3) is 5.22. The number of ether oxygens (including phenoxy) is 2. The van der Waals surface area contributed by atoms with Crippen molar-refractivity contribution in [3.05, 3.63) is 102 Å². The first kappa shape index (κ1) is 21.7. The van der Waals surface area contributed by atoms with Crippen molar-refractivity contribution in [3.63, 3.8) is 0 Å². The number of aromatic nitrogens is 1. The molecular formula is C26H21N3O4. The van der Waals surface area contributed by atoms with Gasteiger partial charge in [0.05, 0.1) is 18.4 Å². The van der Waals surface area contributed by atoms with Crippen LogP contribution in [0.4, 0.5) is 0 Å². The van der Waals surface area contributed by atoms with Crippen molar-refractivity contribution in [2.75, 3.05) is 6.61 Å². The summed E-state index contributed by atoms with van der Waals surface area (Å²) in [7, 11) is 0. The van der Waals surface area contributed by atoms with Crippen molar-refractivity contribution in [1.82, 2.24) is 10.4 Å². The topological polar surface area (TPSA) is 89.9 Å². The second-order valence-electron chi connectivity index (χ2n) is 6.99. The van der Waals surface area contributed by atoms with E-state index in [1.807, 2.05) is 43.3 Å². The zero-order valence-corrected chi connectivity index (χ0v) is 17.9. The van der Waals surface area contributed by atoms with E-state index < -0.39 is 5.97 Å². The summed E-state index contributed by atoms with van der Waals surface area (Å²) in [5, 5.41) is 5.76. The van der Waals surface area contributed by atoms with E-state index in [0.29, 0.717) is 34.8 Å². The number of nitrogens with one attached hydrogen (secondary N) is 1. The highest BCUT2D eigenvalue weighted by Gasteiger charge is 2.15. The summed E-state index contributed by atoms with van der Waals surface area (Å²) in [6, 6.07) is 21.4. The lowest BCUT2D eigenvalue weighted by Gasteiger charge is -2.12. The van der Waals surface area contributed by atoms with Crippen LogP contribution in [-0.4, -0.2) is 29.7 Å². The molecule has 4 aromatic rings. The van der Waals surface area contributed by atoms with E-state index >= 15 is 0 Å². The van der Waals surface area contributed by atoms with Crippen LogP contribution < -0.4 is 14.9 Å². The van der Waals surface area contributed by atoms with E-state index in [-0.39, 0.29) is 5.91 Å². The van der Waals surface area contributed by atoms with E-state index in [0.717, 1.165) is 10.8 Å². The highest BCUT2D eigenvalue weighted by molar-refractivity contribution is 6.05. The third-order valence-corrected chi connectivity index (χ3v) is 4.80. The minimum absolute atomic E-state index is 0.299. The predicted molar refractivity (Wildman–Crippen MR) is 126 cm³/mol. The number of pyridine rings is 1. The van der Waals surface area contributed by atoms with E-state index in [9.17, 15) is 9.59 Å². The summed E-state index contributed by atoms with van der Waals surface area (Å²) in [5.74, 6) is -0.124. The molecule has 4 rings (SSSR count). The van der Waals surface area contributed by atoms with Gasteiger partial charge in [-0.3, -0.25) is 9.78 Å². The second kappa shape index (κ2) is 10.2. The molecule has 0 spiro atoms. The monoisotopic (exact) mass is 439 g/mol. The summed E-state index contributed by atoms with van der Waals surface area (Å²) in [4.78, 5) is 28.8. The first-order valence-corrected chi connectivity index (χ1v) is 10.4. The number of hydrogen-bond donors (Lipinski definition) is 1. The summed E-state index contributed by atoms with van der Waals surface area (Å²) in [6.45, 7) is 2.23. The number of hydrogen-bond acceptors (Lipinski definition) is 6. The smallest absolute Gasteiger partial charge is 0.344 e. The van der Waals surface area contributed by atoms with Gasteiger partial charge in [-0.15, -0.1) is 0 Å². The molecule has 1 heterocycles. The van der Waals surface area contributed by atoms with E-state index in [1.54, 1.807) is 36.4 Å². The highest BCUT2D eigenvalue weighted by Crippen LogP contribution is 2.30. The molecule has 0 aliphatic carbocycles. The van der Waals surface area contributed by atoms with Crippen LogP contribution in [0.2, 0.25) is 0 Å². The highest BCUT2D eigenvalue weighted by atomic mass is 16.6. The van der Waals surface area contributed by atoms with Gasteiger partial charge in [-0.25, -0.2) is 10.2 Å². The largest absolute Gasteiger partial charge is 0.490 e. The van der Waals surface area contributed by atoms with Crippen LogP contribution in [0.5, 0.6) is 11.5 Å². The van der Waals surface area contributed by atoms with Crippen LogP contribution in [0.1, 0.15) is 33.2 Å². The quantitative estimate of drug-likeness (QED) is 0.196. The molecule has 0 saturated carbocycles. The molecule has 1 N–H and O–H groups in total. The predicted octanol–water partition coefficient (Wildman–Crippen LogP) is 4.62. The van der Waals surface area contributed by atoms with Crippen LogP contribution in [0.3, 0.4) is 0 Å². The van der Waals surface area contributed by atoms with Gasteiger partial charge >= 0.3 is 5.97 Å². The van der Waals surface area contributed by atoms with Crippen LogP contribution in [0.25, 0.3) is 10.8 Å². The molecule has 0 bridgehead atoms. The molecule has 33 heavy (non-hydrogen) atoms. The van der Waals surface area contributed by atoms with Crippen LogP contribution in [0, 0.1) is 0 Å². The Hall–Kier alpha value is -4.52. The van der Waals surface area contributed by atoms with Crippen molar-refractivity contribution in [3.8, 4) is 11.5 Å². The number of carbonyl (C=O) groups excluding carboxylic acids is 2. The fourth-order valence-electron chi connectivity index (χ4n) is 3.25. The number of rotatable bonds is 7. The second-order valence-corrected chi connectivity index (χ2v) is 6.99. The summed E-state index contributed by atoms with van der Waals surface area (Å²) in [6.07, 6.45) is 4.55. The number of amides is 1. The zero-order chi connectivity index (χ0) is 23.0. The maximum absolute atomic E-state index is 12.9. The zero-order valence-electron chi connectivity index (χ0n) is 17.9. The standard InChI is InChI=1S/C26H21N3O4/c1-2-32-24-16-18(17-28-29-25(30)20-12-14-27-15-13-20)10-11-23(24)33-26(31)22-9-5-7-19-6-3-4-8-21(19)22/h3-17H,2H2,1H3,(H,29,30)/b28-17+. The molecule has 0 unspecified atom stereocenters. The first-order chi connectivity index (χ1) is 16.2. The minimum Gasteiger partial charge on any atom is -0.490 e. The number of hydrazone groups is 1. The molecule has 0 fully saturated rings. The van der Waals surface area contributed by atoms with Gasteiger partial charge in [0.1, 0.15) is 0 Å². The number of nitrogens with zero attached hydrogens (tertiary/aromatic N) is 2. The lowest BCUT2D eigenvalue weighted by Crippen LogP contribution is -2.17. The van der Waals surface area contributed by atoms with Gasteiger partial charge < -0.3 is 9.47 Å². The Bertz CT molecular complexity index is 1310. The van der Waals surface area contributed by atoms with Gasteiger partial charge in [-0.1, -0.05) is 36.4 Å². The van der Waals surface area contributed by atoms with E-state index in [4.69, 9.17) is 9.47 Å². The van der Waals surface area contributed by atoms with Gasteiger partial charge in [-0.05, 0) is 59.7 Å². The summed E-state index contributed by atoms with van der Waals surface area (Å²) < 4.78 is 11.3. The molecule has 0 radical (unpaired) electrons. The molecule has 0 aliphatic heterocycles. The summed E-state index contributed by atoms with van der Waals surface area (Å²) in [5.41, 5.74) is 4.05. The van der Waals surface area contributed by atoms with Gasteiger partial charge in [0.2, 0.25) is 0 Å². The SMILES string of the molecule is CCOc1cc(/C=N/NC(=O)c2ccncc2)ccc1OC(=O)c1cccc2ccccc12. The molecule has 164 valence electrons. The van der Waals surface area contributed by atoms with E-state index in [2.05, 4.69) is 15.5 Å². The van der Waals surface area contributed by atoms with Crippen LogP contribution in [-0.2, 0) is 0 Å². The molecule has 1 amide bonds. The Morgan fingerprint density at radius 1 is 0.970 bits per heavy atom. The van der Waals surface area contributed by atoms with Crippen molar-refractivity contribution in [2.24, 2.45) is 5.10 Å². The Kier molecular flexibility index (Phi) is 6.70. The normalized spacial score (nSPS) is 10.8. The van der Waals surface area contributed by atoms with Gasteiger partial charge in [0.25, 0.3) is 5.91 Å². The number of carbonyl (C=O) groups is 2. The van der Waals surface area contributed by atoms with Crippen molar-refractivity contribution in [1.29, 1.82) is 0 Å². The third-order valence-electron chi connectivity index (χ3n) is 4.80. The Labute approximate surface area is 190 Å². The maximum atomic E-state index is 12.9. The molecule has 0 atom stereocenters. The van der Waals surface area contributed by atoms with Gasteiger partial charge in [0.15, 0.2) is 11.5 Å². The molecule has 3 aromatic carbocycles. The summed E-state index contributed by atoms with van der Waals surface area (Å²) >= 11 is 0. The minimum atomic E-state index is -0.473. The van der Waals surface area contributed by atoms with Gasteiger partial charge in [0, 0.05) is 18.0 Å². The lowest BCUT2D eigenvalue weighted by atomic mass is 10.0. The van der Waals surface area contributed by atoms with Gasteiger partial charge in [-0.2, -0.15) is 5.10 Å². The number of esters is 1. The van der Waals surface area contributed by atoms with Crippen molar-refractivity contribution < 1.29 is 19.1 Å². The fraction of sp³-hybridized carbons (Fsp3) is 0.0769. The van der Waals surface area contributed by atoms with E-state index in [1.165, 1.54) is 18.6 Å². The van der Waals surface area contributed by atoms with Crippen LogP contribution >= 0.6 is 0 Å². The average molecular weight is 439 g/mol. The number of benzene rings is 3. The Morgan fingerprint density at radius 2 is 1.76 bits per heavy atom. The van der Waals surface area contributed by atoms with Crippen LogP contribution in [0.15, 0.2) is 90.3 Å². The molecule has 0 saturated heterocycles. The van der Waals surface area contributed by atoms with Crippen molar-refractivity contribution in [2.45, 2.75) is 6.92 Å². The molecular weight excluding hydrogens is 418 g/mol. The maximum Gasteiger partial charge on any atom is 0.344 e. The Morgan fingerprint density at radius 3 is 2.58 bits per heavy atom. The Balaban J connectivity index is 1.51. The van der Waals surface area contributed by atoms with Crippen molar-refractivity contribution >= 4 is 28.9 Å². The average Bonchev–Trinajstić information content (AvgIpc) is 2.85. The number of fused-ring (bicyclic) bond motifs is 1. The molecule has 7 heteroatoms. The lowest BCUT2D eigenvalue weighted by molar-refractivity contribution is 0.0730. The molecule has 7 nitrogen and oxygen atoms in total.